The molecular weight excluding hydrogens is 1510 g/mol. The van der Waals surface area contributed by atoms with Crippen LogP contribution in [0, 0.1) is 0 Å². The highest BCUT2D eigenvalue weighted by Gasteiger charge is 2.34. The summed E-state index contributed by atoms with van der Waals surface area (Å²) in [5.41, 5.74) is 8.03. The number of pyridine rings is 3. The number of aliphatic hydroxyl groups excluding tert-OH is 1. The number of amides is 3. The number of anilines is 11. The van der Waals surface area contributed by atoms with Crippen molar-refractivity contribution in [1.29, 1.82) is 0 Å². The number of nitrogens with zero attached hydrogens (tertiary/aromatic N) is 22. The minimum atomic E-state index is -0.789. The number of carbonyl (C=O) groups is 3. The number of fused-ring (bicyclic) bond motifs is 16. The number of hydrogen-bond acceptors (Lipinski definition) is 26. The summed E-state index contributed by atoms with van der Waals surface area (Å²) in [7, 11) is 4.23. The van der Waals surface area contributed by atoms with E-state index in [1.54, 1.807) is 88.1 Å². The molecule has 9 aliphatic rings. The number of carbonyl (C=O) groups excluding carboxylic acids is 3. The monoisotopic (exact) mass is 1590 g/mol. The van der Waals surface area contributed by atoms with Crippen LogP contribution >= 0.6 is 0 Å². The molecule has 0 saturated carbocycles. The third kappa shape index (κ3) is 14.4. The first-order chi connectivity index (χ1) is 57.6. The molecule has 21 rings (SSSR count). The van der Waals surface area contributed by atoms with Gasteiger partial charge in [0.15, 0.2) is 88.9 Å². The van der Waals surface area contributed by atoms with E-state index in [2.05, 4.69) is 101 Å². The zero-order chi connectivity index (χ0) is 80.2. The van der Waals surface area contributed by atoms with Gasteiger partial charge in [-0.1, -0.05) is 42.5 Å². The van der Waals surface area contributed by atoms with Gasteiger partial charge in [-0.2, -0.15) is 15.0 Å². The normalized spacial score (nSPS) is 17.7. The lowest BCUT2D eigenvalue weighted by Gasteiger charge is -2.34. The van der Waals surface area contributed by atoms with Crippen LogP contribution in [0.25, 0.3) is 50.6 Å². The molecule has 3 amide bonds. The van der Waals surface area contributed by atoms with E-state index in [4.69, 9.17) is 44.1 Å². The summed E-state index contributed by atoms with van der Waals surface area (Å²) in [4.78, 5) is 134. The lowest BCUT2D eigenvalue weighted by Crippen LogP contribution is -2.44. The van der Waals surface area contributed by atoms with Crippen LogP contribution in [0.1, 0.15) is 49.7 Å². The van der Waals surface area contributed by atoms with Crippen molar-refractivity contribution in [3.8, 4) is 34.7 Å². The second-order valence-corrected chi connectivity index (χ2v) is 30.2. The van der Waals surface area contributed by atoms with Crippen LogP contribution in [0.5, 0.6) is 17.2 Å². The molecular formula is C83H83N25O10. The van der Waals surface area contributed by atoms with E-state index < -0.39 is 6.10 Å². The summed E-state index contributed by atoms with van der Waals surface area (Å²) in [5.74, 6) is 4.51. The van der Waals surface area contributed by atoms with Gasteiger partial charge in [0.2, 0.25) is 17.8 Å². The van der Waals surface area contributed by atoms with E-state index in [1.807, 2.05) is 60.7 Å². The Morgan fingerprint density at radius 3 is 1.27 bits per heavy atom. The Labute approximate surface area is 673 Å². The average Bonchev–Trinajstić information content (AvgIpc) is 1.59. The Morgan fingerprint density at radius 1 is 0.398 bits per heavy atom. The van der Waals surface area contributed by atoms with E-state index >= 15 is 0 Å². The van der Waals surface area contributed by atoms with Crippen molar-refractivity contribution in [2.75, 3.05) is 133 Å². The molecule has 6 bridgehead atoms. The molecule has 2 fully saturated rings. The number of aromatic nitrogens is 15. The van der Waals surface area contributed by atoms with E-state index in [9.17, 15) is 33.9 Å². The van der Waals surface area contributed by atoms with E-state index in [1.165, 1.54) is 57.5 Å². The van der Waals surface area contributed by atoms with Crippen LogP contribution in [0.15, 0.2) is 173 Å². The molecule has 3 aromatic carbocycles. The molecule has 1 unspecified atom stereocenters. The maximum atomic E-state index is 13.5. The maximum Gasteiger partial charge on any atom is 0.278 e. The first-order valence-corrected chi connectivity index (χ1v) is 39.6. The number of allylic oxidation sites excluding steroid dienone is 3. The van der Waals surface area contributed by atoms with Crippen molar-refractivity contribution >= 4 is 115 Å². The van der Waals surface area contributed by atoms with Crippen LogP contribution in [-0.4, -0.2) is 204 Å². The third-order valence-electron chi connectivity index (χ3n) is 22.2. The van der Waals surface area contributed by atoms with Gasteiger partial charge >= 0.3 is 0 Å². The topological polar surface area (TPSA) is 355 Å². The largest absolute Gasteiger partial charge is 0.480 e. The highest BCUT2D eigenvalue weighted by atomic mass is 16.5. The predicted octanol–water partition coefficient (Wildman–Crippen LogP) is 7.27. The summed E-state index contributed by atoms with van der Waals surface area (Å²) < 4.78 is 26.5. The van der Waals surface area contributed by atoms with Crippen molar-refractivity contribution in [2.45, 2.75) is 77.4 Å². The molecule has 0 aliphatic carbocycles. The molecule has 35 nitrogen and oxygen atoms in total. The van der Waals surface area contributed by atoms with Gasteiger partial charge < -0.3 is 50.0 Å². The number of aliphatic hydroxyl groups is 1. The highest BCUT2D eigenvalue weighted by Crippen LogP contribution is 2.37. The van der Waals surface area contributed by atoms with E-state index in [0.717, 1.165) is 69.4 Å². The van der Waals surface area contributed by atoms with Crippen LogP contribution < -0.4 is 71.3 Å². The van der Waals surface area contributed by atoms with Crippen LogP contribution in [-0.2, 0) is 47.1 Å². The third-order valence-corrected chi connectivity index (χ3v) is 22.2. The molecule has 118 heavy (non-hydrogen) atoms. The highest BCUT2D eigenvalue weighted by molar-refractivity contribution is 5.99. The predicted molar refractivity (Wildman–Crippen MR) is 444 cm³/mol. The van der Waals surface area contributed by atoms with Crippen LogP contribution in [0.2, 0.25) is 0 Å². The molecule has 9 aromatic heterocycles. The minimum absolute atomic E-state index is 0.0177. The van der Waals surface area contributed by atoms with Crippen molar-refractivity contribution in [3.63, 3.8) is 0 Å². The molecule has 4 N–H and O–H groups in total. The number of nitrogens with one attached hydrogen (secondary N) is 3. The number of piperidine rings is 1. The van der Waals surface area contributed by atoms with Crippen molar-refractivity contribution < 1.29 is 33.7 Å². The molecule has 0 radical (unpaired) electrons. The quantitative estimate of drug-likeness (QED) is 0.109. The molecule has 600 valence electrons. The minimum Gasteiger partial charge on any atom is -0.480 e. The Kier molecular flexibility index (Phi) is 19.7. The Morgan fingerprint density at radius 2 is 0.805 bits per heavy atom. The Balaban J connectivity index is 0.000000118. The van der Waals surface area contributed by atoms with Crippen LogP contribution in [0.3, 0.4) is 0 Å². The number of rotatable bonds is 8. The van der Waals surface area contributed by atoms with E-state index in [0.29, 0.717) is 149 Å². The second kappa shape index (κ2) is 31.4. The first kappa shape index (κ1) is 74.2. The van der Waals surface area contributed by atoms with Gasteiger partial charge in [-0.3, -0.25) is 48.4 Å². The van der Waals surface area contributed by atoms with Gasteiger partial charge in [-0.15, -0.1) is 0 Å². The number of hydrogen-bond donors (Lipinski definition) is 4. The summed E-state index contributed by atoms with van der Waals surface area (Å²) in [6.45, 7) is 9.86. The van der Waals surface area contributed by atoms with Gasteiger partial charge in [-0.25, -0.2) is 58.0 Å². The SMILES string of the molecule is CN1CCN(c2ccc(Nc3ncc4c(=O)n5n(c4n3)-c3ccc4c(n3)N(CCC=CC5)C(=O)CO4)cc2)CC1.CN1Cc2ccc(Nc3ncc4c(=O)n5n(c4n3)-c3ccc4c(n3)N(CC(O)CC=CC5)C(=O)CO4)cc2C1.O=C1COc2ccc3nc2N1CCC=CCn1c(=O)c2cnc(Nc4ccc(N5CCCCC5)cc4)nc2n1-3. The average molecular weight is 1590 g/mol. The summed E-state index contributed by atoms with van der Waals surface area (Å²) in [6.07, 6.45) is 20.6. The molecule has 2 saturated heterocycles. The molecule has 18 heterocycles. The summed E-state index contributed by atoms with van der Waals surface area (Å²) >= 11 is 0. The molecule has 12 aromatic rings. The lowest BCUT2D eigenvalue weighted by atomic mass is 10.1. The second-order valence-electron chi connectivity index (χ2n) is 30.2. The Bertz CT molecular complexity index is 6250. The van der Waals surface area contributed by atoms with E-state index in [-0.39, 0.29) is 67.3 Å². The zero-order valence-corrected chi connectivity index (χ0v) is 64.8. The molecule has 1 atom stereocenters. The van der Waals surface area contributed by atoms with Crippen molar-refractivity contribution in [2.24, 2.45) is 0 Å². The van der Waals surface area contributed by atoms with Gasteiger partial charge in [0.05, 0.1) is 32.3 Å². The van der Waals surface area contributed by atoms with Crippen molar-refractivity contribution in [3.05, 3.63) is 200 Å². The number of benzene rings is 3. The number of likely N-dealkylation sites (N-methyl/N-ethyl adjacent to an activating group) is 1. The summed E-state index contributed by atoms with van der Waals surface area (Å²) in [6, 6.07) is 33.2. The summed E-state index contributed by atoms with van der Waals surface area (Å²) in [5, 5.41) is 21.5. The van der Waals surface area contributed by atoms with Crippen LogP contribution in [0.4, 0.5) is 63.7 Å². The van der Waals surface area contributed by atoms with Crippen molar-refractivity contribution in [1.82, 2.24) is 82.7 Å². The Hall–Kier alpha value is -13.9. The standard InChI is InChI=1S/C28H29N9O3.C28H28N8O3.C27H26N8O4/c1-33-13-15-34(16-14-33)20-7-5-19(6-8-20)30-28-29-17-21-25(32-28)37-23-10-9-22-26(31-23)35(24(38)18-40-22)11-3-2-4-12-36(37)27(21)39;37-24-18-39-22-11-12-23-31-26(22)34(24)15-5-2-6-16-35-27(38)21-17-29-28(32-25(21)36(23)35)30-19-7-9-20(10-8-19)33-13-3-1-4-14-33;1-32-12-16-5-6-18(10-17(16)13-32)29-27-28-11-20-24(31-27)35-22-8-7-21-25(30-22)33(23(37)15-39-21)14-19(36)4-2-3-9-34(35)26(20)38/h2,4-10,17H,3,11-16,18H2,1H3,(H,29,30,32);2,6-12,17H,1,3-5,13-16,18H2,(H,29,30,32);2-3,5-8,10-11,19,36H,4,9,12-15H2,1H3,(H,28,29,31). The maximum absolute atomic E-state index is 13.5. The van der Waals surface area contributed by atoms with Gasteiger partial charge in [-0.05, 0) is 161 Å². The smallest absolute Gasteiger partial charge is 0.278 e. The molecule has 35 heteroatoms. The molecule has 9 aliphatic heterocycles. The van der Waals surface area contributed by atoms with Gasteiger partial charge in [0.25, 0.3) is 34.4 Å². The fraction of sp³-hybridized carbons (Fsp3) is 0.313. The number of piperazine rings is 1. The number of ether oxygens (including phenoxy) is 3. The first-order valence-electron chi connectivity index (χ1n) is 39.6. The van der Waals surface area contributed by atoms with Gasteiger partial charge in [0, 0.05) is 112 Å². The van der Waals surface area contributed by atoms with Gasteiger partial charge in [0.1, 0.15) is 16.2 Å². The fourth-order valence-corrected chi connectivity index (χ4v) is 16.1. The zero-order valence-electron chi connectivity index (χ0n) is 64.8. The molecule has 0 spiro atoms. The fourth-order valence-electron chi connectivity index (χ4n) is 16.1. The lowest BCUT2D eigenvalue weighted by molar-refractivity contribution is -0.122.